The Kier molecular flexibility index (Phi) is 6.46. The van der Waals surface area contributed by atoms with E-state index in [1.807, 2.05) is 37.3 Å². The van der Waals surface area contributed by atoms with Gasteiger partial charge < -0.3 is 19.5 Å². The van der Waals surface area contributed by atoms with Crippen LogP contribution in [0.5, 0.6) is 0 Å². The molecule has 0 saturated carbocycles. The fourth-order valence-electron chi connectivity index (χ4n) is 3.84. The number of nitrogens with one attached hydrogen (secondary N) is 2. The number of hydrogen-bond acceptors (Lipinski definition) is 5. The molecule has 0 unspecified atom stereocenters. The summed E-state index contributed by atoms with van der Waals surface area (Å²) in [7, 11) is 0. The van der Waals surface area contributed by atoms with E-state index in [-0.39, 0.29) is 11.9 Å². The van der Waals surface area contributed by atoms with Gasteiger partial charge >= 0.3 is 5.97 Å². The highest BCUT2D eigenvalue weighted by Crippen LogP contribution is 2.34. The van der Waals surface area contributed by atoms with Crippen molar-refractivity contribution in [2.24, 2.45) is 0 Å². The summed E-state index contributed by atoms with van der Waals surface area (Å²) >= 11 is 0. The second kappa shape index (κ2) is 9.01. The molecular weight excluding hydrogens is 358 g/mol. The molecule has 7 nitrogen and oxygen atoms in total. The Labute approximate surface area is 165 Å². The highest BCUT2D eigenvalue weighted by atomic mass is 16.5. The molecule has 2 heterocycles. The zero-order valence-corrected chi connectivity index (χ0v) is 16.5. The Morgan fingerprint density at radius 3 is 2.57 bits per heavy atom. The fraction of sp³-hybridized carbons (Fsp3) is 0.476. The molecule has 150 valence electrons. The number of ether oxygens (including phenoxy) is 1. The van der Waals surface area contributed by atoms with Crippen LogP contribution in [0.2, 0.25) is 0 Å². The van der Waals surface area contributed by atoms with Gasteiger partial charge in [0.05, 0.1) is 32.7 Å². The topological polar surface area (TPSA) is 85.9 Å². The standard InChI is InChI=1S/C21H27N3O4/c1-3-27-20(26)21(17-7-5-4-6-8-17)10-13-24(14-11-21)12-9-19(25)22-18-15-16(2)28-23-18/h4-8,15H,3,9-14H2,1-2H3,(H,22,23,25)/p+1. The molecule has 7 heteroatoms. The Bertz CT molecular complexity index is 795. The van der Waals surface area contributed by atoms with Gasteiger partial charge in [-0.1, -0.05) is 35.5 Å². The zero-order chi connectivity index (χ0) is 20.0. The van der Waals surface area contributed by atoms with Gasteiger partial charge in [0.2, 0.25) is 5.91 Å². The molecule has 0 spiro atoms. The number of likely N-dealkylation sites (tertiary alicyclic amines) is 1. The molecule has 0 aliphatic carbocycles. The maximum Gasteiger partial charge on any atom is 0.317 e. The molecule has 1 aliphatic heterocycles. The van der Waals surface area contributed by atoms with Crippen LogP contribution in [-0.4, -0.2) is 43.3 Å². The monoisotopic (exact) mass is 386 g/mol. The van der Waals surface area contributed by atoms with Crippen LogP contribution in [0.3, 0.4) is 0 Å². The van der Waals surface area contributed by atoms with E-state index in [0.29, 0.717) is 24.6 Å². The molecule has 0 radical (unpaired) electrons. The SMILES string of the molecule is CCOC(=O)C1(c2ccccc2)CC[NH+](CCC(=O)Nc2cc(C)on2)CC1. The van der Waals surface area contributed by atoms with Gasteiger partial charge in [0.1, 0.15) is 11.2 Å². The van der Waals surface area contributed by atoms with E-state index >= 15 is 0 Å². The largest absolute Gasteiger partial charge is 0.465 e. The Balaban J connectivity index is 1.56. The van der Waals surface area contributed by atoms with Crippen molar-refractivity contribution in [1.82, 2.24) is 5.16 Å². The number of aryl methyl sites for hydroxylation is 1. The Morgan fingerprint density at radius 1 is 1.25 bits per heavy atom. The van der Waals surface area contributed by atoms with Crippen LogP contribution in [0.15, 0.2) is 40.9 Å². The van der Waals surface area contributed by atoms with Crippen LogP contribution in [-0.2, 0) is 19.7 Å². The van der Waals surface area contributed by atoms with Crippen molar-refractivity contribution in [3.63, 3.8) is 0 Å². The second-order valence-corrected chi connectivity index (χ2v) is 7.29. The summed E-state index contributed by atoms with van der Waals surface area (Å²) in [4.78, 5) is 26.2. The number of benzene rings is 1. The van der Waals surface area contributed by atoms with E-state index in [1.165, 1.54) is 4.90 Å². The summed E-state index contributed by atoms with van der Waals surface area (Å²) in [5.74, 6) is 0.889. The number of carbonyl (C=O) groups excluding carboxylic acids is 2. The lowest BCUT2D eigenvalue weighted by Gasteiger charge is -2.38. The minimum absolute atomic E-state index is 0.0777. The molecule has 0 bridgehead atoms. The van der Waals surface area contributed by atoms with Crippen molar-refractivity contribution in [2.75, 3.05) is 31.6 Å². The van der Waals surface area contributed by atoms with Crippen molar-refractivity contribution in [3.05, 3.63) is 47.7 Å². The molecule has 2 aromatic rings. The molecule has 1 aromatic carbocycles. The smallest absolute Gasteiger partial charge is 0.317 e. The highest BCUT2D eigenvalue weighted by Gasteiger charge is 2.45. The van der Waals surface area contributed by atoms with E-state index in [4.69, 9.17) is 9.26 Å². The summed E-state index contributed by atoms with van der Waals surface area (Å²) in [6.07, 6.45) is 1.84. The van der Waals surface area contributed by atoms with E-state index in [9.17, 15) is 9.59 Å². The fourth-order valence-corrected chi connectivity index (χ4v) is 3.84. The van der Waals surface area contributed by atoms with Crippen molar-refractivity contribution >= 4 is 17.7 Å². The number of hydrogen-bond donors (Lipinski definition) is 2. The van der Waals surface area contributed by atoms with E-state index < -0.39 is 5.41 Å². The molecule has 28 heavy (non-hydrogen) atoms. The molecule has 3 rings (SSSR count). The first-order chi connectivity index (χ1) is 13.5. The van der Waals surface area contributed by atoms with Crippen LogP contribution in [0.25, 0.3) is 0 Å². The summed E-state index contributed by atoms with van der Waals surface area (Å²) in [6, 6.07) is 11.6. The predicted molar refractivity (Wildman–Crippen MR) is 104 cm³/mol. The molecule has 1 fully saturated rings. The van der Waals surface area contributed by atoms with Gasteiger partial charge in [-0.2, -0.15) is 0 Å². The maximum atomic E-state index is 12.8. The minimum atomic E-state index is -0.582. The van der Waals surface area contributed by atoms with Crippen LogP contribution in [0, 0.1) is 6.92 Å². The summed E-state index contributed by atoms with van der Waals surface area (Å²) < 4.78 is 10.4. The van der Waals surface area contributed by atoms with Gasteiger partial charge in [-0.25, -0.2) is 0 Å². The van der Waals surface area contributed by atoms with Gasteiger partial charge in [-0.3, -0.25) is 9.59 Å². The van der Waals surface area contributed by atoms with Crippen molar-refractivity contribution in [1.29, 1.82) is 0 Å². The quantitative estimate of drug-likeness (QED) is 0.704. The molecule has 2 N–H and O–H groups in total. The molecule has 1 aliphatic rings. The van der Waals surface area contributed by atoms with Crippen LogP contribution < -0.4 is 10.2 Å². The molecule has 0 atom stereocenters. The predicted octanol–water partition coefficient (Wildman–Crippen LogP) is 1.49. The average molecular weight is 386 g/mol. The van der Waals surface area contributed by atoms with Gasteiger partial charge in [0, 0.05) is 18.9 Å². The second-order valence-electron chi connectivity index (χ2n) is 7.29. The maximum absolute atomic E-state index is 12.8. The third kappa shape index (κ3) is 4.59. The number of carbonyl (C=O) groups is 2. The number of piperidine rings is 1. The van der Waals surface area contributed by atoms with Crippen LogP contribution in [0.4, 0.5) is 5.82 Å². The first-order valence-electron chi connectivity index (χ1n) is 9.83. The lowest BCUT2D eigenvalue weighted by molar-refractivity contribution is -0.905. The number of quaternary nitrogens is 1. The number of esters is 1. The number of aromatic nitrogens is 1. The highest BCUT2D eigenvalue weighted by molar-refractivity contribution is 5.89. The third-order valence-electron chi connectivity index (χ3n) is 5.40. The normalized spacial score (nSPS) is 21.9. The van der Waals surface area contributed by atoms with Crippen LogP contribution >= 0.6 is 0 Å². The molecular formula is C21H28N3O4+. The number of rotatable bonds is 7. The summed E-state index contributed by atoms with van der Waals surface area (Å²) in [5, 5.41) is 6.52. The lowest BCUT2D eigenvalue weighted by Crippen LogP contribution is -3.13. The number of amides is 1. The minimum Gasteiger partial charge on any atom is -0.465 e. The van der Waals surface area contributed by atoms with E-state index in [1.54, 1.807) is 13.0 Å². The van der Waals surface area contributed by atoms with Gasteiger partial charge in [0.25, 0.3) is 0 Å². The van der Waals surface area contributed by atoms with Crippen molar-refractivity contribution < 1.29 is 23.7 Å². The lowest BCUT2D eigenvalue weighted by atomic mass is 9.72. The van der Waals surface area contributed by atoms with Crippen molar-refractivity contribution in [2.45, 2.75) is 38.5 Å². The average Bonchev–Trinajstić information content (AvgIpc) is 3.12. The number of anilines is 1. The first kappa shape index (κ1) is 20.1. The van der Waals surface area contributed by atoms with Crippen LogP contribution in [0.1, 0.15) is 37.5 Å². The molecule has 1 aromatic heterocycles. The van der Waals surface area contributed by atoms with E-state index in [2.05, 4.69) is 10.5 Å². The summed E-state index contributed by atoms with van der Waals surface area (Å²) in [5.41, 5.74) is 0.438. The zero-order valence-electron chi connectivity index (χ0n) is 16.5. The molecule has 1 saturated heterocycles. The number of nitrogens with zero attached hydrogens (tertiary/aromatic N) is 1. The van der Waals surface area contributed by atoms with E-state index in [0.717, 1.165) is 38.0 Å². The summed E-state index contributed by atoms with van der Waals surface area (Å²) in [6.45, 7) is 6.37. The van der Waals surface area contributed by atoms with Gasteiger partial charge in [-0.15, -0.1) is 0 Å². The van der Waals surface area contributed by atoms with Gasteiger partial charge in [0.15, 0.2) is 5.82 Å². The third-order valence-corrected chi connectivity index (χ3v) is 5.40. The molecule has 1 amide bonds. The van der Waals surface area contributed by atoms with Gasteiger partial charge in [-0.05, 0) is 19.4 Å². The Hall–Kier alpha value is -2.67. The Morgan fingerprint density at radius 2 is 1.96 bits per heavy atom. The first-order valence-corrected chi connectivity index (χ1v) is 9.83. The van der Waals surface area contributed by atoms with Crippen molar-refractivity contribution in [3.8, 4) is 0 Å².